The summed E-state index contributed by atoms with van der Waals surface area (Å²) in [4.78, 5) is 12.8. The zero-order valence-electron chi connectivity index (χ0n) is 6.60. The van der Waals surface area contributed by atoms with Crippen molar-refractivity contribution in [2.75, 3.05) is 0 Å². The Morgan fingerprint density at radius 1 is 1.62 bits per heavy atom. The molecule has 0 aliphatic carbocycles. The Morgan fingerprint density at radius 2 is 2.31 bits per heavy atom. The quantitative estimate of drug-likeness (QED) is 0.425. The molecule has 0 aliphatic heterocycles. The highest BCUT2D eigenvalue weighted by Gasteiger charge is 2.09. The van der Waals surface area contributed by atoms with Crippen LogP contribution in [0.15, 0.2) is 18.2 Å². The first-order valence-electron chi connectivity index (χ1n) is 3.44. The van der Waals surface area contributed by atoms with Crippen LogP contribution in [0.3, 0.4) is 0 Å². The number of aliphatic hydroxyl groups excluding tert-OH is 1. The monoisotopic (exact) mass is 178 g/mol. The third kappa shape index (κ3) is 1.80. The fraction of sp³-hybridized carbons (Fsp3) is 0.125. The molecule has 0 spiro atoms. The van der Waals surface area contributed by atoms with Gasteiger partial charge in [0.1, 0.15) is 0 Å². The Balaban J connectivity index is 3.23. The zero-order valence-corrected chi connectivity index (χ0v) is 6.60. The van der Waals surface area contributed by atoms with E-state index in [0.717, 1.165) is 6.07 Å². The molecule has 0 amide bonds. The molecule has 0 saturated heterocycles. The normalized spacial score (nSPS) is 9.23. The second-order valence-corrected chi connectivity index (χ2v) is 2.34. The van der Waals surface area contributed by atoms with Crippen molar-refractivity contribution in [1.29, 1.82) is 0 Å². The van der Waals surface area contributed by atoms with Gasteiger partial charge in [0, 0.05) is 12.1 Å². The largest absolute Gasteiger partial charge is 0.393 e. The van der Waals surface area contributed by atoms with Gasteiger partial charge in [-0.3, -0.25) is 10.1 Å². The summed E-state index contributed by atoms with van der Waals surface area (Å²) < 4.78 is 0. The predicted octanol–water partition coefficient (Wildman–Crippen LogP) is 1.64. The Bertz CT molecular complexity index is 381. The van der Waals surface area contributed by atoms with Gasteiger partial charge in [-0.15, -0.1) is 0 Å². The van der Waals surface area contributed by atoms with Gasteiger partial charge in [-0.05, 0) is 5.56 Å². The molecule has 0 aromatic heterocycles. The van der Waals surface area contributed by atoms with E-state index in [1.54, 1.807) is 0 Å². The number of non-ortho nitro benzene ring substituents is 1. The summed E-state index contributed by atoms with van der Waals surface area (Å²) in [5.74, 6) is 0. The molecule has 66 valence electrons. The first-order chi connectivity index (χ1) is 6.19. The molecule has 1 N–H and O–H groups in total. The van der Waals surface area contributed by atoms with Crippen molar-refractivity contribution in [3.63, 3.8) is 0 Å². The van der Waals surface area contributed by atoms with Crippen LogP contribution < -0.4 is 0 Å². The number of rotatable bonds is 2. The minimum absolute atomic E-state index is 0.122. The van der Waals surface area contributed by atoms with Crippen LogP contribution in [0.2, 0.25) is 0 Å². The van der Waals surface area contributed by atoms with Crippen molar-refractivity contribution in [3.8, 4) is 0 Å². The minimum Gasteiger partial charge on any atom is -0.393 e. The lowest BCUT2D eigenvalue weighted by Gasteiger charge is -1.98. The Kier molecular flexibility index (Phi) is 2.57. The summed E-state index contributed by atoms with van der Waals surface area (Å²) in [6.45, 7) is 6.43. The molecule has 1 aromatic carbocycles. The molecule has 0 bridgehead atoms. The van der Waals surface area contributed by atoms with Crippen LogP contribution in [-0.2, 0) is 6.61 Å². The van der Waals surface area contributed by atoms with Crippen LogP contribution in [0.25, 0.3) is 4.85 Å². The Labute approximate surface area is 74.2 Å². The molecular weight excluding hydrogens is 172 g/mol. The van der Waals surface area contributed by atoms with Gasteiger partial charge in [0.05, 0.1) is 18.1 Å². The van der Waals surface area contributed by atoms with Crippen LogP contribution in [0.4, 0.5) is 11.4 Å². The van der Waals surface area contributed by atoms with E-state index in [0.29, 0.717) is 5.56 Å². The summed E-state index contributed by atoms with van der Waals surface area (Å²) in [5.41, 5.74) is 0.389. The second-order valence-electron chi connectivity index (χ2n) is 2.34. The smallest absolute Gasteiger partial charge is 0.259 e. The SMILES string of the molecule is [C-]#[N+]c1cc([N+](=O)[O-])ccc1CO. The molecule has 13 heavy (non-hydrogen) atoms. The van der Waals surface area contributed by atoms with Crippen LogP contribution in [0, 0.1) is 16.7 Å². The Hall–Kier alpha value is -1.93. The minimum atomic E-state index is -0.574. The number of hydrogen-bond acceptors (Lipinski definition) is 3. The number of nitro groups is 1. The highest BCUT2D eigenvalue weighted by atomic mass is 16.6. The Morgan fingerprint density at radius 3 is 2.77 bits per heavy atom. The van der Waals surface area contributed by atoms with E-state index in [9.17, 15) is 10.1 Å². The topological polar surface area (TPSA) is 67.7 Å². The van der Waals surface area contributed by atoms with Gasteiger partial charge < -0.3 is 5.11 Å². The van der Waals surface area contributed by atoms with Crippen molar-refractivity contribution in [2.24, 2.45) is 0 Å². The lowest BCUT2D eigenvalue weighted by atomic mass is 10.2. The van der Waals surface area contributed by atoms with E-state index >= 15 is 0 Å². The van der Waals surface area contributed by atoms with Crippen molar-refractivity contribution in [3.05, 3.63) is 45.3 Å². The maximum absolute atomic E-state index is 10.3. The van der Waals surface area contributed by atoms with Crippen molar-refractivity contribution >= 4 is 11.4 Å². The fourth-order valence-corrected chi connectivity index (χ4v) is 0.904. The molecule has 0 atom stereocenters. The average molecular weight is 178 g/mol. The number of nitrogens with zero attached hydrogens (tertiary/aromatic N) is 2. The number of aliphatic hydroxyl groups is 1. The van der Waals surface area contributed by atoms with E-state index < -0.39 is 4.92 Å². The zero-order chi connectivity index (χ0) is 9.84. The summed E-state index contributed by atoms with van der Waals surface area (Å²) in [6.07, 6.45) is 0. The first kappa shape index (κ1) is 9.16. The van der Waals surface area contributed by atoms with Crippen molar-refractivity contribution in [1.82, 2.24) is 0 Å². The first-order valence-corrected chi connectivity index (χ1v) is 3.44. The lowest BCUT2D eigenvalue weighted by molar-refractivity contribution is -0.384. The summed E-state index contributed by atoms with van der Waals surface area (Å²) in [5, 5.41) is 19.1. The van der Waals surface area contributed by atoms with Crippen LogP contribution in [0.1, 0.15) is 5.56 Å². The molecule has 1 aromatic rings. The standard InChI is InChI=1S/C8H6N2O3/c1-9-8-4-7(10(12)13)3-2-6(8)5-11/h2-4,11H,5H2. The molecule has 0 fully saturated rings. The van der Waals surface area contributed by atoms with E-state index in [1.165, 1.54) is 12.1 Å². The highest BCUT2D eigenvalue weighted by molar-refractivity contribution is 5.57. The molecule has 0 saturated carbocycles. The van der Waals surface area contributed by atoms with Crippen LogP contribution in [0.5, 0.6) is 0 Å². The van der Waals surface area contributed by atoms with Crippen molar-refractivity contribution < 1.29 is 10.0 Å². The van der Waals surface area contributed by atoms with Gasteiger partial charge >= 0.3 is 0 Å². The maximum Gasteiger partial charge on any atom is 0.259 e. The predicted molar refractivity (Wildman–Crippen MR) is 45.3 cm³/mol. The van der Waals surface area contributed by atoms with E-state index in [1.807, 2.05) is 0 Å². The van der Waals surface area contributed by atoms with Gasteiger partial charge in [0.15, 0.2) is 5.69 Å². The number of hydrogen-bond donors (Lipinski definition) is 1. The van der Waals surface area contributed by atoms with Gasteiger partial charge in [0.2, 0.25) is 0 Å². The molecule has 5 nitrogen and oxygen atoms in total. The summed E-state index contributed by atoms with van der Waals surface area (Å²) in [6, 6.07) is 3.80. The van der Waals surface area contributed by atoms with Gasteiger partial charge in [-0.25, -0.2) is 4.85 Å². The molecule has 0 radical (unpaired) electrons. The number of benzene rings is 1. The second kappa shape index (κ2) is 3.65. The van der Waals surface area contributed by atoms with Crippen LogP contribution in [-0.4, -0.2) is 10.0 Å². The molecular formula is C8H6N2O3. The van der Waals surface area contributed by atoms with Gasteiger partial charge in [-0.2, -0.15) is 0 Å². The van der Waals surface area contributed by atoms with E-state index in [2.05, 4.69) is 4.85 Å². The molecule has 0 unspecified atom stereocenters. The van der Waals surface area contributed by atoms with Gasteiger partial charge in [0.25, 0.3) is 5.69 Å². The lowest BCUT2D eigenvalue weighted by Crippen LogP contribution is -1.89. The number of nitro benzene ring substituents is 1. The summed E-state index contributed by atoms with van der Waals surface area (Å²) in [7, 11) is 0. The third-order valence-electron chi connectivity index (χ3n) is 1.57. The highest BCUT2D eigenvalue weighted by Crippen LogP contribution is 2.24. The molecule has 1 rings (SSSR count). The van der Waals surface area contributed by atoms with Gasteiger partial charge in [-0.1, -0.05) is 6.07 Å². The van der Waals surface area contributed by atoms with E-state index in [-0.39, 0.29) is 18.0 Å². The molecule has 0 heterocycles. The summed E-state index contributed by atoms with van der Waals surface area (Å²) >= 11 is 0. The maximum atomic E-state index is 10.3. The van der Waals surface area contributed by atoms with Crippen molar-refractivity contribution in [2.45, 2.75) is 6.61 Å². The third-order valence-corrected chi connectivity index (χ3v) is 1.57. The van der Waals surface area contributed by atoms with Crippen LogP contribution >= 0.6 is 0 Å². The van der Waals surface area contributed by atoms with E-state index in [4.69, 9.17) is 11.7 Å². The molecule has 5 heteroatoms. The fourth-order valence-electron chi connectivity index (χ4n) is 0.904. The average Bonchev–Trinajstić information content (AvgIpc) is 2.16. The molecule has 0 aliphatic rings.